The number of benzene rings is 1. The minimum absolute atomic E-state index is 0.169. The van der Waals surface area contributed by atoms with E-state index in [0.29, 0.717) is 11.4 Å². The molecule has 0 fully saturated rings. The molecule has 1 amide bonds. The molecule has 0 saturated heterocycles. The van der Waals surface area contributed by atoms with Crippen LogP contribution in [0.5, 0.6) is 0 Å². The summed E-state index contributed by atoms with van der Waals surface area (Å²) < 4.78 is 5.01. The third-order valence-corrected chi connectivity index (χ3v) is 3.68. The highest BCUT2D eigenvalue weighted by Gasteiger charge is 2.08. The Morgan fingerprint density at radius 3 is 2.70 bits per heavy atom. The molecule has 0 aliphatic carbocycles. The van der Waals surface area contributed by atoms with Crippen molar-refractivity contribution in [3.05, 3.63) is 46.2 Å². The van der Waals surface area contributed by atoms with Gasteiger partial charge in [-0.25, -0.2) is 9.89 Å². The number of H-pyrrole nitrogens is 1. The standard InChI is InChI=1S/C16H18ClN3O3/c1-3-12(17)9-23-16(22)18-13-6-4-11(5-7-13)15-10(2)8-14(21)19-20-15/h4-8,12H,3,9H2,1-2H3,(H,18,22)(H,19,21). The second-order valence-corrected chi connectivity index (χ2v) is 5.69. The van der Waals surface area contributed by atoms with Crippen molar-refractivity contribution in [1.29, 1.82) is 0 Å². The van der Waals surface area contributed by atoms with Crippen LogP contribution in [0, 0.1) is 6.92 Å². The molecule has 2 N–H and O–H groups in total. The lowest BCUT2D eigenvalue weighted by molar-refractivity contribution is 0.161. The number of aryl methyl sites for hydroxylation is 1. The van der Waals surface area contributed by atoms with E-state index in [1.165, 1.54) is 6.07 Å². The van der Waals surface area contributed by atoms with E-state index in [9.17, 15) is 9.59 Å². The highest BCUT2D eigenvalue weighted by Crippen LogP contribution is 2.21. The zero-order chi connectivity index (χ0) is 16.8. The summed E-state index contributed by atoms with van der Waals surface area (Å²) in [5, 5.41) is 8.89. The van der Waals surface area contributed by atoms with Crippen molar-refractivity contribution >= 4 is 23.4 Å². The summed E-state index contributed by atoms with van der Waals surface area (Å²) in [6.45, 7) is 3.91. The number of nitrogens with zero attached hydrogens (tertiary/aromatic N) is 1. The maximum Gasteiger partial charge on any atom is 0.411 e. The topological polar surface area (TPSA) is 84.1 Å². The first-order valence-electron chi connectivity index (χ1n) is 7.24. The average molecular weight is 336 g/mol. The number of nitrogens with one attached hydrogen (secondary N) is 2. The molecule has 122 valence electrons. The first-order chi connectivity index (χ1) is 11.0. The fourth-order valence-corrected chi connectivity index (χ4v) is 2.00. The smallest absolute Gasteiger partial charge is 0.411 e. The molecule has 1 heterocycles. The quantitative estimate of drug-likeness (QED) is 0.821. The van der Waals surface area contributed by atoms with Crippen LogP contribution in [0.2, 0.25) is 0 Å². The number of hydrogen-bond acceptors (Lipinski definition) is 4. The Balaban J connectivity index is 2.02. The van der Waals surface area contributed by atoms with E-state index in [1.54, 1.807) is 24.3 Å². The van der Waals surface area contributed by atoms with Crippen molar-refractivity contribution in [1.82, 2.24) is 10.2 Å². The van der Waals surface area contributed by atoms with E-state index < -0.39 is 6.09 Å². The predicted octanol–water partition coefficient (Wildman–Crippen LogP) is 3.31. The van der Waals surface area contributed by atoms with Crippen LogP contribution < -0.4 is 10.9 Å². The molecule has 0 aliphatic rings. The predicted molar refractivity (Wildman–Crippen MR) is 89.9 cm³/mol. The molecular formula is C16H18ClN3O3. The Hall–Kier alpha value is -2.34. The van der Waals surface area contributed by atoms with Gasteiger partial charge in [0.05, 0.1) is 11.1 Å². The molecule has 0 aliphatic heterocycles. The molecule has 1 atom stereocenters. The number of amides is 1. The van der Waals surface area contributed by atoms with Crippen LogP contribution in [-0.2, 0) is 4.74 Å². The van der Waals surface area contributed by atoms with Crippen LogP contribution in [0.4, 0.5) is 10.5 Å². The van der Waals surface area contributed by atoms with Crippen LogP contribution >= 0.6 is 11.6 Å². The Kier molecular flexibility index (Phi) is 5.76. The molecular weight excluding hydrogens is 318 g/mol. The Morgan fingerprint density at radius 1 is 1.39 bits per heavy atom. The SMILES string of the molecule is CCC(Cl)COC(=O)Nc1ccc(-c2n[nH]c(=O)cc2C)cc1. The third kappa shape index (κ3) is 4.82. The van der Waals surface area contributed by atoms with Gasteiger partial charge in [-0.2, -0.15) is 5.10 Å². The lowest BCUT2D eigenvalue weighted by Crippen LogP contribution is -2.18. The van der Waals surface area contributed by atoms with Gasteiger partial charge < -0.3 is 4.74 Å². The number of ether oxygens (including phenoxy) is 1. The van der Waals surface area contributed by atoms with E-state index >= 15 is 0 Å². The second-order valence-electron chi connectivity index (χ2n) is 5.07. The molecule has 6 nitrogen and oxygen atoms in total. The van der Waals surface area contributed by atoms with E-state index in [0.717, 1.165) is 17.5 Å². The van der Waals surface area contributed by atoms with E-state index in [1.807, 2.05) is 13.8 Å². The summed E-state index contributed by atoms with van der Waals surface area (Å²) in [5.74, 6) is 0. The zero-order valence-corrected chi connectivity index (χ0v) is 13.7. The number of rotatable bonds is 5. The number of anilines is 1. The van der Waals surface area contributed by atoms with E-state index in [-0.39, 0.29) is 17.5 Å². The number of carbonyl (C=O) groups excluding carboxylic acids is 1. The van der Waals surface area contributed by atoms with Gasteiger partial charge in [0.2, 0.25) is 0 Å². The van der Waals surface area contributed by atoms with E-state index in [4.69, 9.17) is 16.3 Å². The highest BCUT2D eigenvalue weighted by atomic mass is 35.5. The van der Waals surface area contributed by atoms with Gasteiger partial charge in [0.1, 0.15) is 6.61 Å². The van der Waals surface area contributed by atoms with Gasteiger partial charge in [-0.05, 0) is 31.0 Å². The number of carbonyl (C=O) groups is 1. The van der Waals surface area contributed by atoms with Gasteiger partial charge in [0.25, 0.3) is 5.56 Å². The fourth-order valence-electron chi connectivity index (χ4n) is 1.94. The van der Waals surface area contributed by atoms with Gasteiger partial charge in [0, 0.05) is 17.3 Å². The molecule has 2 aromatic rings. The lowest BCUT2D eigenvalue weighted by atomic mass is 10.1. The van der Waals surface area contributed by atoms with Crippen LogP contribution in [0.15, 0.2) is 35.1 Å². The number of aromatic amines is 1. The van der Waals surface area contributed by atoms with E-state index in [2.05, 4.69) is 15.5 Å². The van der Waals surface area contributed by atoms with Crippen molar-refractivity contribution in [3.63, 3.8) is 0 Å². The van der Waals surface area contributed by atoms with Crippen molar-refractivity contribution in [2.75, 3.05) is 11.9 Å². The zero-order valence-electron chi connectivity index (χ0n) is 12.9. The maximum absolute atomic E-state index is 11.6. The maximum atomic E-state index is 11.6. The van der Waals surface area contributed by atoms with Gasteiger partial charge in [0.15, 0.2) is 0 Å². The summed E-state index contributed by atoms with van der Waals surface area (Å²) >= 11 is 5.89. The van der Waals surface area contributed by atoms with Crippen molar-refractivity contribution in [2.24, 2.45) is 0 Å². The van der Waals surface area contributed by atoms with Crippen LogP contribution in [0.3, 0.4) is 0 Å². The average Bonchev–Trinajstić information content (AvgIpc) is 2.53. The Morgan fingerprint density at radius 2 is 2.09 bits per heavy atom. The molecule has 1 unspecified atom stereocenters. The Bertz CT molecular complexity index is 728. The van der Waals surface area contributed by atoms with Gasteiger partial charge >= 0.3 is 6.09 Å². The highest BCUT2D eigenvalue weighted by molar-refractivity contribution is 6.20. The number of alkyl halides is 1. The molecule has 0 spiro atoms. The summed E-state index contributed by atoms with van der Waals surface area (Å²) in [7, 11) is 0. The molecule has 0 radical (unpaired) electrons. The largest absolute Gasteiger partial charge is 0.448 e. The van der Waals surface area contributed by atoms with Gasteiger partial charge in [-0.1, -0.05) is 19.1 Å². The summed E-state index contributed by atoms with van der Waals surface area (Å²) in [5.41, 5.74) is 2.66. The summed E-state index contributed by atoms with van der Waals surface area (Å²) in [6, 6.07) is 8.57. The Labute approximate surface area is 138 Å². The molecule has 0 bridgehead atoms. The van der Waals surface area contributed by atoms with Crippen molar-refractivity contribution < 1.29 is 9.53 Å². The van der Waals surface area contributed by atoms with Gasteiger partial charge in [-0.3, -0.25) is 10.1 Å². The molecule has 23 heavy (non-hydrogen) atoms. The third-order valence-electron chi connectivity index (χ3n) is 3.24. The van der Waals surface area contributed by atoms with Gasteiger partial charge in [-0.15, -0.1) is 11.6 Å². The minimum Gasteiger partial charge on any atom is -0.448 e. The van der Waals surface area contributed by atoms with Crippen LogP contribution in [-0.4, -0.2) is 28.3 Å². The lowest BCUT2D eigenvalue weighted by Gasteiger charge is -2.10. The molecule has 0 saturated carbocycles. The van der Waals surface area contributed by atoms with Crippen molar-refractivity contribution in [3.8, 4) is 11.3 Å². The molecule has 1 aromatic carbocycles. The second kappa shape index (κ2) is 7.78. The molecule has 1 aromatic heterocycles. The fraction of sp³-hybridized carbons (Fsp3) is 0.312. The normalized spacial score (nSPS) is 11.8. The number of halogens is 1. The number of aromatic nitrogens is 2. The monoisotopic (exact) mass is 335 g/mol. The first kappa shape index (κ1) is 17.0. The first-order valence-corrected chi connectivity index (χ1v) is 7.68. The number of hydrogen-bond donors (Lipinski definition) is 2. The van der Waals surface area contributed by atoms with Crippen molar-refractivity contribution in [2.45, 2.75) is 25.6 Å². The van der Waals surface area contributed by atoms with Crippen LogP contribution in [0.25, 0.3) is 11.3 Å². The van der Waals surface area contributed by atoms with Crippen LogP contribution in [0.1, 0.15) is 18.9 Å². The summed E-state index contributed by atoms with van der Waals surface area (Å²) in [6.07, 6.45) is 0.185. The summed E-state index contributed by atoms with van der Waals surface area (Å²) in [4.78, 5) is 22.8. The molecule has 2 rings (SSSR count). The minimum atomic E-state index is -0.546. The molecule has 7 heteroatoms.